The molecule has 1 N–H and O–H groups in total. The van der Waals surface area contributed by atoms with E-state index in [4.69, 9.17) is 11.6 Å². The van der Waals surface area contributed by atoms with Crippen LogP contribution in [-0.2, 0) is 0 Å². The minimum atomic E-state index is -1.49. The highest BCUT2D eigenvalue weighted by atomic mass is 35.5. The lowest BCUT2D eigenvalue weighted by Gasteiger charge is -2.02. The van der Waals surface area contributed by atoms with Gasteiger partial charge in [-0.3, -0.25) is 4.79 Å². The van der Waals surface area contributed by atoms with E-state index in [0.29, 0.717) is 0 Å². The molecule has 0 aliphatic carbocycles. The number of aromatic amines is 1. The van der Waals surface area contributed by atoms with Crippen molar-refractivity contribution in [1.29, 1.82) is 0 Å². The van der Waals surface area contributed by atoms with Gasteiger partial charge >= 0.3 is 0 Å². The summed E-state index contributed by atoms with van der Waals surface area (Å²) in [5.41, 5.74) is -0.909. The summed E-state index contributed by atoms with van der Waals surface area (Å²) in [7, 11) is 0. The highest BCUT2D eigenvalue weighted by Crippen LogP contribution is 2.08. The van der Waals surface area contributed by atoms with Gasteiger partial charge in [-0.2, -0.15) is 0 Å². The second-order valence-corrected chi connectivity index (χ2v) is 2.24. The van der Waals surface area contributed by atoms with Gasteiger partial charge in [-0.05, 0) is 6.07 Å². The highest BCUT2D eigenvalue weighted by Gasteiger charge is 1.99. The van der Waals surface area contributed by atoms with Crippen LogP contribution in [0.4, 0.5) is 0 Å². The number of carboxylic acids is 1. The Morgan fingerprint density at radius 1 is 1.55 bits per heavy atom. The minimum absolute atomic E-state index is 0.0374. The Bertz CT molecular complexity index is 344. The zero-order valence-corrected chi connectivity index (χ0v) is 6.01. The lowest BCUT2D eigenvalue weighted by atomic mass is 10.3. The Morgan fingerprint density at radius 2 is 2.18 bits per heavy atom. The summed E-state index contributed by atoms with van der Waals surface area (Å²) >= 11 is 5.40. The number of halogens is 1. The molecule has 1 aromatic rings. The van der Waals surface area contributed by atoms with E-state index in [-0.39, 0.29) is 10.7 Å². The maximum Gasteiger partial charge on any atom is 0.248 e. The molecule has 0 bridgehead atoms. The monoisotopic (exact) mass is 172 g/mol. The Labute approximate surface area is 66.4 Å². The van der Waals surface area contributed by atoms with Crippen molar-refractivity contribution < 1.29 is 9.90 Å². The number of pyridine rings is 1. The van der Waals surface area contributed by atoms with Crippen molar-refractivity contribution in [2.45, 2.75) is 0 Å². The molecule has 0 aromatic carbocycles. The van der Waals surface area contributed by atoms with Gasteiger partial charge in [0.25, 0.3) is 0 Å². The molecule has 11 heavy (non-hydrogen) atoms. The third kappa shape index (κ3) is 1.59. The fourth-order valence-corrected chi connectivity index (χ4v) is 0.793. The van der Waals surface area contributed by atoms with Crippen molar-refractivity contribution >= 4 is 17.6 Å². The molecule has 0 aliphatic heterocycles. The number of H-pyrrole nitrogens is 1. The van der Waals surface area contributed by atoms with E-state index in [1.165, 1.54) is 6.07 Å². The van der Waals surface area contributed by atoms with Gasteiger partial charge in [0.15, 0.2) is 0 Å². The third-order valence-corrected chi connectivity index (χ3v) is 1.39. The second-order valence-electron chi connectivity index (χ2n) is 1.83. The van der Waals surface area contributed by atoms with E-state index in [1.807, 2.05) is 4.98 Å². The molecular weight excluding hydrogens is 170 g/mol. The maximum atomic E-state index is 10.5. The summed E-state index contributed by atoms with van der Waals surface area (Å²) in [6.45, 7) is 0. The van der Waals surface area contributed by atoms with E-state index in [1.54, 1.807) is 0 Å². The van der Waals surface area contributed by atoms with Gasteiger partial charge in [0, 0.05) is 6.07 Å². The van der Waals surface area contributed by atoms with Gasteiger partial charge in [0.2, 0.25) is 5.56 Å². The molecule has 4 nitrogen and oxygen atoms in total. The maximum absolute atomic E-state index is 10.5. The number of aromatic nitrogens is 1. The number of carbonyl (C=O) groups excluding carboxylic acids is 1. The van der Waals surface area contributed by atoms with E-state index >= 15 is 0 Å². The molecule has 1 rings (SSSR count). The van der Waals surface area contributed by atoms with E-state index in [0.717, 1.165) is 6.07 Å². The van der Waals surface area contributed by atoms with Crippen LogP contribution in [0.2, 0.25) is 5.02 Å². The summed E-state index contributed by atoms with van der Waals surface area (Å²) in [4.78, 5) is 22.8. The van der Waals surface area contributed by atoms with Gasteiger partial charge in [-0.15, -0.1) is 0 Å². The summed E-state index contributed by atoms with van der Waals surface area (Å²) < 4.78 is 0. The summed E-state index contributed by atoms with van der Waals surface area (Å²) in [5, 5.41) is 10.2. The Morgan fingerprint density at radius 3 is 2.64 bits per heavy atom. The molecule has 1 heterocycles. The van der Waals surface area contributed by atoms with Gasteiger partial charge in [0.05, 0.1) is 16.7 Å². The fourth-order valence-electron chi connectivity index (χ4n) is 0.605. The molecule has 0 saturated carbocycles. The molecule has 1 aromatic heterocycles. The molecule has 0 spiro atoms. The van der Waals surface area contributed by atoms with Crippen LogP contribution in [0.3, 0.4) is 0 Å². The van der Waals surface area contributed by atoms with Crippen LogP contribution in [0.15, 0.2) is 16.9 Å². The van der Waals surface area contributed by atoms with Gasteiger partial charge in [0.1, 0.15) is 0 Å². The van der Waals surface area contributed by atoms with E-state index < -0.39 is 11.5 Å². The third-order valence-electron chi connectivity index (χ3n) is 1.07. The molecule has 0 aliphatic rings. The molecule has 0 radical (unpaired) electrons. The zero-order valence-electron chi connectivity index (χ0n) is 5.26. The number of hydrogen-bond acceptors (Lipinski definition) is 3. The number of carboxylic acid groups (broad SMARTS) is 1. The molecule has 58 valence electrons. The zero-order chi connectivity index (χ0) is 8.43. The van der Waals surface area contributed by atoms with Crippen molar-refractivity contribution in [2.75, 3.05) is 0 Å². The van der Waals surface area contributed by atoms with Gasteiger partial charge < -0.3 is 14.9 Å². The Balaban J connectivity index is 3.35. The first-order chi connectivity index (χ1) is 5.11. The average Bonchev–Trinajstić information content (AvgIpc) is 1.94. The first-order valence-electron chi connectivity index (χ1n) is 2.71. The topological polar surface area (TPSA) is 73.0 Å². The first kappa shape index (κ1) is 7.81. The van der Waals surface area contributed by atoms with Crippen LogP contribution in [0, 0.1) is 0 Å². The number of rotatable bonds is 1. The number of hydrogen-bond donors (Lipinski definition) is 1. The molecule has 0 saturated heterocycles. The van der Waals surface area contributed by atoms with Gasteiger partial charge in [-0.25, -0.2) is 0 Å². The standard InChI is InChI=1S/C6H4ClNO3/c7-3-1-2-4(9)8-5(3)6(10)11/h1-2H,(H,8,9)(H,10,11)/p-1. The van der Waals surface area contributed by atoms with Crippen LogP contribution >= 0.6 is 11.6 Å². The van der Waals surface area contributed by atoms with Crippen LogP contribution < -0.4 is 10.7 Å². The number of nitrogens with one attached hydrogen (secondary N) is 1. The molecule has 0 atom stereocenters. The predicted octanol–water partition coefficient (Wildman–Crippen LogP) is -0.608. The van der Waals surface area contributed by atoms with Crippen molar-refractivity contribution in [3.05, 3.63) is 33.2 Å². The quantitative estimate of drug-likeness (QED) is 0.614. The van der Waals surface area contributed by atoms with E-state index in [9.17, 15) is 14.7 Å². The van der Waals surface area contributed by atoms with Crippen molar-refractivity contribution in [3.63, 3.8) is 0 Å². The van der Waals surface area contributed by atoms with Crippen LogP contribution in [0.1, 0.15) is 10.5 Å². The lowest BCUT2D eigenvalue weighted by molar-refractivity contribution is -0.255. The highest BCUT2D eigenvalue weighted by molar-refractivity contribution is 6.33. The minimum Gasteiger partial charge on any atom is -0.543 e. The Kier molecular flexibility index (Phi) is 1.96. The SMILES string of the molecule is O=C([O-])c1[nH]c(=O)ccc1Cl. The second kappa shape index (κ2) is 2.75. The van der Waals surface area contributed by atoms with E-state index in [2.05, 4.69) is 0 Å². The molecule has 5 heteroatoms. The fraction of sp³-hybridized carbons (Fsp3) is 0. The van der Waals surface area contributed by atoms with Crippen LogP contribution in [-0.4, -0.2) is 11.0 Å². The Hall–Kier alpha value is -1.29. The van der Waals surface area contributed by atoms with Crippen LogP contribution in [0.5, 0.6) is 0 Å². The first-order valence-corrected chi connectivity index (χ1v) is 3.09. The lowest BCUT2D eigenvalue weighted by Crippen LogP contribution is -2.26. The number of carbonyl (C=O) groups is 1. The molecule has 0 unspecified atom stereocenters. The normalized spacial score (nSPS) is 9.55. The molecule has 0 amide bonds. The van der Waals surface area contributed by atoms with Crippen molar-refractivity contribution in [2.24, 2.45) is 0 Å². The number of aromatic carboxylic acids is 1. The van der Waals surface area contributed by atoms with Crippen molar-refractivity contribution in [1.82, 2.24) is 4.98 Å². The molecular formula is C6H3ClNO3-. The summed E-state index contributed by atoms with van der Waals surface area (Å²) in [6.07, 6.45) is 0. The predicted molar refractivity (Wildman–Crippen MR) is 36.4 cm³/mol. The largest absolute Gasteiger partial charge is 0.543 e. The summed E-state index contributed by atoms with van der Waals surface area (Å²) in [6, 6.07) is 2.33. The average molecular weight is 173 g/mol. The van der Waals surface area contributed by atoms with Crippen molar-refractivity contribution in [3.8, 4) is 0 Å². The van der Waals surface area contributed by atoms with Crippen LogP contribution in [0.25, 0.3) is 0 Å². The summed E-state index contributed by atoms with van der Waals surface area (Å²) in [5.74, 6) is -1.49. The molecule has 0 fully saturated rings. The van der Waals surface area contributed by atoms with Gasteiger partial charge in [-0.1, -0.05) is 11.6 Å². The smallest absolute Gasteiger partial charge is 0.248 e.